The van der Waals surface area contributed by atoms with E-state index in [1.165, 1.54) is 6.42 Å². The van der Waals surface area contributed by atoms with E-state index in [-0.39, 0.29) is 17.5 Å². The van der Waals surface area contributed by atoms with Crippen molar-refractivity contribution in [3.8, 4) is 0 Å². The molecule has 3 fully saturated rings. The summed E-state index contributed by atoms with van der Waals surface area (Å²) < 4.78 is 0. The largest absolute Gasteiger partial charge is 0.384 e. The Labute approximate surface area is 162 Å². The quantitative estimate of drug-likeness (QED) is 0.854. The number of carbonyl (C=O) groups is 1. The van der Waals surface area contributed by atoms with Crippen LogP contribution in [0.25, 0.3) is 0 Å². The fourth-order valence-electron chi connectivity index (χ4n) is 5.62. The summed E-state index contributed by atoms with van der Waals surface area (Å²) in [5.74, 6) is 0.206. The van der Waals surface area contributed by atoms with Gasteiger partial charge in [-0.15, -0.1) is 0 Å². The molecule has 1 saturated carbocycles. The van der Waals surface area contributed by atoms with Crippen molar-refractivity contribution in [1.82, 2.24) is 15.1 Å². The van der Waals surface area contributed by atoms with Crippen molar-refractivity contribution in [3.05, 3.63) is 35.9 Å². The fourth-order valence-corrected chi connectivity index (χ4v) is 5.62. The summed E-state index contributed by atoms with van der Waals surface area (Å²) >= 11 is 0. The summed E-state index contributed by atoms with van der Waals surface area (Å²) in [6.45, 7) is 5.59. The van der Waals surface area contributed by atoms with E-state index in [4.69, 9.17) is 0 Å². The lowest BCUT2D eigenvalue weighted by Gasteiger charge is -2.50. The Morgan fingerprint density at radius 2 is 1.89 bits per heavy atom. The average Bonchev–Trinajstić information content (AvgIpc) is 3.00. The average molecular weight is 372 g/mol. The van der Waals surface area contributed by atoms with Crippen LogP contribution in [0.15, 0.2) is 30.3 Å². The Balaban J connectivity index is 1.52. The monoisotopic (exact) mass is 371 g/mol. The highest BCUT2D eigenvalue weighted by Crippen LogP contribution is 2.42. The number of nitrogens with one attached hydrogen (secondary N) is 1. The van der Waals surface area contributed by atoms with Crippen molar-refractivity contribution in [1.29, 1.82) is 0 Å². The number of hydrogen-bond donors (Lipinski definition) is 2. The number of likely N-dealkylation sites (tertiary alicyclic amines) is 1. The van der Waals surface area contributed by atoms with Crippen LogP contribution in [0.3, 0.4) is 0 Å². The van der Waals surface area contributed by atoms with Crippen LogP contribution in [0, 0.1) is 0 Å². The molecule has 5 heteroatoms. The second kappa shape index (κ2) is 7.53. The van der Waals surface area contributed by atoms with Crippen LogP contribution in [0.5, 0.6) is 0 Å². The van der Waals surface area contributed by atoms with Crippen LogP contribution in [0.2, 0.25) is 0 Å². The Hall–Kier alpha value is -1.43. The van der Waals surface area contributed by atoms with Crippen LogP contribution in [0.4, 0.5) is 0 Å². The Morgan fingerprint density at radius 1 is 1.15 bits per heavy atom. The molecule has 0 aromatic heterocycles. The Bertz CT molecular complexity index is 657. The van der Waals surface area contributed by atoms with Crippen LogP contribution >= 0.6 is 0 Å². The highest BCUT2D eigenvalue weighted by atomic mass is 16.3. The summed E-state index contributed by atoms with van der Waals surface area (Å²) in [4.78, 5) is 17.5. The van der Waals surface area contributed by atoms with Gasteiger partial charge in [0, 0.05) is 25.7 Å². The minimum Gasteiger partial charge on any atom is -0.384 e. The van der Waals surface area contributed by atoms with Gasteiger partial charge in [0.15, 0.2) is 0 Å². The maximum Gasteiger partial charge on any atom is 0.241 e. The third kappa shape index (κ3) is 3.20. The van der Waals surface area contributed by atoms with E-state index in [0.717, 1.165) is 63.7 Å². The SMILES string of the molecule is CCCN1CNC(=O)C12CCN([C@@H]1CCCC[C@]1(O)c1ccccc1)CC2. The van der Waals surface area contributed by atoms with Gasteiger partial charge in [-0.3, -0.25) is 14.6 Å². The molecule has 0 radical (unpaired) electrons. The van der Waals surface area contributed by atoms with Gasteiger partial charge in [0.05, 0.1) is 6.67 Å². The van der Waals surface area contributed by atoms with E-state index in [2.05, 4.69) is 34.2 Å². The summed E-state index contributed by atoms with van der Waals surface area (Å²) in [7, 11) is 0. The number of nitrogens with zero attached hydrogens (tertiary/aromatic N) is 2. The molecule has 2 saturated heterocycles. The summed E-state index contributed by atoms with van der Waals surface area (Å²) in [6.07, 6.45) is 6.89. The van der Waals surface area contributed by atoms with Gasteiger partial charge < -0.3 is 10.4 Å². The normalized spacial score (nSPS) is 31.9. The van der Waals surface area contributed by atoms with Gasteiger partial charge in [0.25, 0.3) is 0 Å². The maximum atomic E-state index is 12.6. The molecular weight excluding hydrogens is 338 g/mol. The van der Waals surface area contributed by atoms with Gasteiger partial charge in [-0.25, -0.2) is 0 Å². The van der Waals surface area contributed by atoms with Crippen molar-refractivity contribution in [2.75, 3.05) is 26.3 Å². The predicted octanol–water partition coefficient (Wildman–Crippen LogP) is 2.45. The van der Waals surface area contributed by atoms with Gasteiger partial charge in [-0.2, -0.15) is 0 Å². The molecule has 148 valence electrons. The van der Waals surface area contributed by atoms with E-state index >= 15 is 0 Å². The topological polar surface area (TPSA) is 55.8 Å². The number of amides is 1. The Kier molecular flexibility index (Phi) is 5.28. The molecule has 2 atom stereocenters. The molecule has 0 bridgehead atoms. The zero-order chi connectivity index (χ0) is 18.9. The first-order chi connectivity index (χ1) is 13.1. The molecule has 4 rings (SSSR count). The van der Waals surface area contributed by atoms with Crippen LogP contribution in [-0.4, -0.2) is 58.7 Å². The molecular formula is C22H33N3O2. The van der Waals surface area contributed by atoms with Crippen LogP contribution in [0.1, 0.15) is 57.4 Å². The van der Waals surface area contributed by atoms with Crippen molar-refractivity contribution in [2.45, 2.75) is 69.1 Å². The van der Waals surface area contributed by atoms with Crippen molar-refractivity contribution >= 4 is 5.91 Å². The van der Waals surface area contributed by atoms with Crippen molar-refractivity contribution < 1.29 is 9.90 Å². The number of benzene rings is 1. The van der Waals surface area contributed by atoms with E-state index in [1.54, 1.807) is 0 Å². The summed E-state index contributed by atoms with van der Waals surface area (Å²) in [6, 6.07) is 10.3. The molecule has 1 amide bonds. The fraction of sp³-hybridized carbons (Fsp3) is 0.682. The molecule has 2 N–H and O–H groups in total. The number of aliphatic hydroxyl groups is 1. The Morgan fingerprint density at radius 3 is 2.59 bits per heavy atom. The van der Waals surface area contributed by atoms with E-state index in [1.807, 2.05) is 18.2 Å². The zero-order valence-electron chi connectivity index (χ0n) is 16.5. The molecule has 1 aromatic carbocycles. The van der Waals surface area contributed by atoms with E-state index in [9.17, 15) is 9.90 Å². The third-order valence-electron chi connectivity index (χ3n) is 7.13. The molecule has 5 nitrogen and oxygen atoms in total. The van der Waals surface area contributed by atoms with Gasteiger partial charge in [-0.1, -0.05) is 50.1 Å². The van der Waals surface area contributed by atoms with E-state index < -0.39 is 5.60 Å². The smallest absolute Gasteiger partial charge is 0.241 e. The van der Waals surface area contributed by atoms with Gasteiger partial charge in [0.2, 0.25) is 5.91 Å². The predicted molar refractivity (Wildman–Crippen MR) is 106 cm³/mol. The molecule has 2 aliphatic heterocycles. The van der Waals surface area contributed by atoms with Crippen molar-refractivity contribution in [2.24, 2.45) is 0 Å². The van der Waals surface area contributed by atoms with Gasteiger partial charge in [0.1, 0.15) is 11.1 Å². The lowest BCUT2D eigenvalue weighted by Crippen LogP contribution is -2.61. The lowest BCUT2D eigenvalue weighted by atomic mass is 9.73. The highest BCUT2D eigenvalue weighted by molar-refractivity contribution is 5.88. The number of rotatable bonds is 4. The second-order valence-corrected chi connectivity index (χ2v) is 8.55. The standard InChI is InChI=1S/C22H33N3O2/c1-2-14-25-17-23-20(26)21(25)12-15-24(16-13-21)19-10-6-7-11-22(19,27)18-8-4-3-5-9-18/h3-5,8-9,19,27H,2,6-7,10-17H2,1H3,(H,23,26)/t19-,22+/m1/s1. The van der Waals surface area contributed by atoms with E-state index in [0.29, 0.717) is 6.67 Å². The minimum atomic E-state index is -0.773. The first kappa shape index (κ1) is 18.9. The molecule has 1 aromatic rings. The first-order valence-electron chi connectivity index (χ1n) is 10.7. The molecule has 3 aliphatic rings. The molecule has 27 heavy (non-hydrogen) atoms. The molecule has 2 heterocycles. The second-order valence-electron chi connectivity index (χ2n) is 8.55. The van der Waals surface area contributed by atoms with Gasteiger partial charge >= 0.3 is 0 Å². The van der Waals surface area contributed by atoms with Gasteiger partial charge in [-0.05, 0) is 37.7 Å². The summed E-state index contributed by atoms with van der Waals surface area (Å²) in [5, 5.41) is 14.7. The minimum absolute atomic E-state index is 0.148. The third-order valence-corrected chi connectivity index (χ3v) is 7.13. The maximum absolute atomic E-state index is 12.6. The zero-order valence-corrected chi connectivity index (χ0v) is 16.5. The summed E-state index contributed by atoms with van der Waals surface area (Å²) in [5.41, 5.74) is -0.0573. The molecule has 0 unspecified atom stereocenters. The van der Waals surface area contributed by atoms with Crippen LogP contribution < -0.4 is 5.32 Å². The van der Waals surface area contributed by atoms with Crippen molar-refractivity contribution in [3.63, 3.8) is 0 Å². The number of carbonyl (C=O) groups excluding carboxylic acids is 1. The highest BCUT2D eigenvalue weighted by Gasteiger charge is 2.52. The molecule has 1 aliphatic carbocycles. The number of hydrogen-bond acceptors (Lipinski definition) is 4. The lowest BCUT2D eigenvalue weighted by molar-refractivity contribution is -0.132. The molecule has 1 spiro atoms. The van der Waals surface area contributed by atoms with Crippen LogP contribution in [-0.2, 0) is 10.4 Å². The number of piperidine rings is 1. The first-order valence-corrected chi connectivity index (χ1v) is 10.7.